The van der Waals surface area contributed by atoms with Crippen LogP contribution in [0, 0.1) is 19.1 Å². The fourth-order valence-corrected chi connectivity index (χ4v) is 3.11. The van der Waals surface area contributed by atoms with Gasteiger partial charge in [0.05, 0.1) is 12.3 Å². The lowest BCUT2D eigenvalue weighted by Gasteiger charge is -2.29. The number of carboxylic acid groups (broad SMARTS) is 1. The molecular weight excluding hydrogens is 611 g/mol. The molecule has 2 aromatic rings. The molecule has 1 aliphatic heterocycles. The molecule has 7 nitrogen and oxygen atoms in total. The maximum atomic E-state index is 12.9. The van der Waals surface area contributed by atoms with Gasteiger partial charge in [-0.05, 0) is 49.7 Å². The number of pyridine rings is 1. The summed E-state index contributed by atoms with van der Waals surface area (Å²) in [7, 11) is 4.05. The van der Waals surface area contributed by atoms with Crippen LogP contribution in [0.4, 0.5) is 26.3 Å². The molecule has 44 heavy (non-hydrogen) atoms. The van der Waals surface area contributed by atoms with Crippen LogP contribution in [0.15, 0.2) is 42.1 Å². The van der Waals surface area contributed by atoms with Crippen molar-refractivity contribution < 1.29 is 45.8 Å². The Bertz CT molecular complexity index is 1040. The molecule has 0 radical (unpaired) electrons. The standard InChI is InChI=1S/C14H16F3N3O.C10H9F3O.2C2H6.CH2O2.CH5P/c1-8-3-4-11(19-6-8)9-5-12(14(15,16)17)20-13(21)10(9)7-18-2;11-10(12,13)7-4-8-14-9-5-2-1-3-6-9;2*1-2;2-1-3;1-2/h3-4,6,12,18H,5,7H2,1-2H3,(H,20,21);2,5-6H,4,7-8H2;2*1-2H3;1H,(H,2,3);2H2,1H3/t12-;;;;;/m1...../s1. The topological polar surface area (TPSA) is 101 Å². The predicted molar refractivity (Wildman–Crippen MR) is 164 cm³/mol. The maximum Gasteiger partial charge on any atom is 0.408 e. The molecule has 1 unspecified atom stereocenters. The number of hydrogen-bond donors (Lipinski definition) is 3. The van der Waals surface area contributed by atoms with Crippen LogP contribution in [0.1, 0.15) is 58.2 Å². The molecule has 250 valence electrons. The minimum Gasteiger partial charge on any atom is -0.493 e. The molecule has 0 aliphatic carbocycles. The van der Waals surface area contributed by atoms with Crippen LogP contribution in [0.3, 0.4) is 0 Å². The van der Waals surface area contributed by atoms with Crippen molar-refractivity contribution >= 4 is 27.2 Å². The van der Waals surface area contributed by atoms with Crippen LogP contribution in [0.25, 0.3) is 5.57 Å². The SMILES string of the molecule is CC.CC.CNCC1=C(c2ccc(C)cn2)C[C@H](C(F)(F)F)NC1=O.CP.FC(F)(F)CCCOc1cc#ccc1.O=CO. The minimum absolute atomic E-state index is 0.0257. The highest BCUT2D eigenvalue weighted by atomic mass is 31.0. The number of rotatable bonds is 7. The Kier molecular flexibility index (Phi) is 26.7. The number of nitrogens with one attached hydrogen (secondary N) is 2. The first-order valence-corrected chi connectivity index (χ1v) is 14.9. The zero-order valence-corrected chi connectivity index (χ0v) is 27.3. The largest absolute Gasteiger partial charge is 0.493 e. The van der Waals surface area contributed by atoms with E-state index in [1.807, 2.05) is 46.6 Å². The molecule has 1 aromatic carbocycles. The molecule has 1 aromatic heterocycles. The fraction of sp³-hybridized carbons (Fsp3) is 0.500. The van der Waals surface area contributed by atoms with Crippen molar-refractivity contribution in [2.24, 2.45) is 0 Å². The molecule has 0 spiro atoms. The van der Waals surface area contributed by atoms with E-state index >= 15 is 0 Å². The van der Waals surface area contributed by atoms with Gasteiger partial charge in [0.15, 0.2) is 0 Å². The van der Waals surface area contributed by atoms with Crippen molar-refractivity contribution in [3.8, 4) is 5.75 Å². The van der Waals surface area contributed by atoms with E-state index in [4.69, 9.17) is 14.6 Å². The van der Waals surface area contributed by atoms with Gasteiger partial charge in [-0.15, -0.1) is 9.24 Å². The zero-order valence-electron chi connectivity index (χ0n) is 26.1. The molecule has 1 aliphatic rings. The van der Waals surface area contributed by atoms with E-state index < -0.39 is 30.7 Å². The lowest BCUT2D eigenvalue weighted by atomic mass is 9.92. The number of aromatic nitrogens is 1. The van der Waals surface area contributed by atoms with E-state index in [1.165, 1.54) is 6.07 Å². The van der Waals surface area contributed by atoms with Gasteiger partial charge in [0.1, 0.15) is 11.8 Å². The average molecular weight is 656 g/mol. The van der Waals surface area contributed by atoms with Crippen molar-refractivity contribution in [1.82, 2.24) is 15.6 Å². The lowest BCUT2D eigenvalue weighted by molar-refractivity contribution is -0.160. The number of likely N-dealkylation sites (N-methyl/N-ethyl adjacent to an activating group) is 1. The van der Waals surface area contributed by atoms with Gasteiger partial charge >= 0.3 is 12.4 Å². The number of alkyl halides is 6. The van der Waals surface area contributed by atoms with Gasteiger partial charge in [0.25, 0.3) is 6.47 Å². The van der Waals surface area contributed by atoms with Crippen molar-refractivity contribution in [2.75, 3.05) is 26.9 Å². The summed E-state index contributed by atoms with van der Waals surface area (Å²) in [6.45, 7) is 11.8. The van der Waals surface area contributed by atoms with E-state index in [0.717, 1.165) is 5.56 Å². The molecule has 0 saturated heterocycles. The average Bonchev–Trinajstić information content (AvgIpc) is 3.00. The number of amides is 1. The molecule has 14 heteroatoms. The Balaban J connectivity index is -0.000000633. The molecular formula is C30H44F6N3O4P. The summed E-state index contributed by atoms with van der Waals surface area (Å²) in [5.41, 5.74) is 1.96. The smallest absolute Gasteiger partial charge is 0.408 e. The first kappa shape index (κ1) is 45.1. The highest BCUT2D eigenvalue weighted by Crippen LogP contribution is 2.33. The van der Waals surface area contributed by atoms with Crippen molar-refractivity contribution in [1.29, 1.82) is 0 Å². The first-order valence-electron chi connectivity index (χ1n) is 13.7. The number of aryl methyl sites for hydroxylation is 1. The second kappa shape index (κ2) is 26.1. The molecule has 0 saturated carbocycles. The summed E-state index contributed by atoms with van der Waals surface area (Å²) in [6.07, 6.45) is -8.13. The van der Waals surface area contributed by atoms with Crippen LogP contribution in [0.5, 0.6) is 5.75 Å². The molecule has 3 N–H and O–H groups in total. The van der Waals surface area contributed by atoms with Crippen LogP contribution in [0.2, 0.25) is 0 Å². The molecule has 0 fully saturated rings. The summed E-state index contributed by atoms with van der Waals surface area (Å²) in [4.78, 5) is 24.5. The van der Waals surface area contributed by atoms with Gasteiger partial charge in [-0.1, -0.05) is 52.6 Å². The van der Waals surface area contributed by atoms with Crippen molar-refractivity contribution in [3.05, 3.63) is 65.5 Å². The van der Waals surface area contributed by atoms with Crippen molar-refractivity contribution in [2.45, 2.75) is 72.3 Å². The highest BCUT2D eigenvalue weighted by Gasteiger charge is 2.44. The van der Waals surface area contributed by atoms with E-state index in [-0.39, 0.29) is 32.5 Å². The van der Waals surface area contributed by atoms with E-state index in [1.54, 1.807) is 37.5 Å². The predicted octanol–water partition coefficient (Wildman–Crippen LogP) is 7.07. The van der Waals surface area contributed by atoms with Gasteiger partial charge in [-0.25, -0.2) is 0 Å². The van der Waals surface area contributed by atoms with E-state index in [0.29, 0.717) is 22.6 Å². The summed E-state index contributed by atoms with van der Waals surface area (Å²) in [6, 6.07) is 11.6. The summed E-state index contributed by atoms with van der Waals surface area (Å²) >= 11 is 0. The van der Waals surface area contributed by atoms with E-state index in [2.05, 4.69) is 31.7 Å². The number of carbonyl (C=O) groups excluding carboxylic acids is 1. The molecule has 2 atom stereocenters. The third kappa shape index (κ3) is 20.5. The highest BCUT2D eigenvalue weighted by molar-refractivity contribution is 7.15. The van der Waals surface area contributed by atoms with Gasteiger partial charge in [-0.2, -0.15) is 26.3 Å². The Hall–Kier alpha value is -3.36. The van der Waals surface area contributed by atoms with Gasteiger partial charge < -0.3 is 20.5 Å². The Morgan fingerprint density at radius 1 is 1.11 bits per heavy atom. The number of halogens is 6. The molecule has 3 rings (SSSR count). The third-order valence-corrected chi connectivity index (χ3v) is 4.82. The maximum absolute atomic E-state index is 12.9. The Morgan fingerprint density at radius 3 is 2.14 bits per heavy atom. The third-order valence-electron chi connectivity index (χ3n) is 4.82. The van der Waals surface area contributed by atoms with Crippen molar-refractivity contribution in [3.63, 3.8) is 0 Å². The number of nitrogens with zero attached hydrogens (tertiary/aromatic N) is 1. The van der Waals surface area contributed by atoms with Crippen LogP contribution in [-0.4, -0.2) is 67.7 Å². The Labute approximate surface area is 259 Å². The first-order chi connectivity index (χ1) is 20.8. The van der Waals surface area contributed by atoms with E-state index in [9.17, 15) is 31.1 Å². The number of hydrogen-bond acceptors (Lipinski definition) is 5. The van der Waals surface area contributed by atoms with Crippen LogP contribution in [-0.2, 0) is 9.59 Å². The summed E-state index contributed by atoms with van der Waals surface area (Å²) in [5.74, 6) is -0.179. The quantitative estimate of drug-likeness (QED) is 0.128. The number of carbonyl (C=O) groups is 2. The van der Waals surface area contributed by atoms with Crippen LogP contribution < -0.4 is 15.4 Å². The van der Waals surface area contributed by atoms with Crippen LogP contribution >= 0.6 is 9.24 Å². The lowest BCUT2D eigenvalue weighted by Crippen LogP contribution is -2.50. The molecule has 1 amide bonds. The minimum atomic E-state index is -4.48. The van der Waals surface area contributed by atoms with Gasteiger partial charge in [0.2, 0.25) is 5.91 Å². The number of ether oxygens (including phenoxy) is 1. The van der Waals surface area contributed by atoms with Gasteiger partial charge in [0, 0.05) is 37.2 Å². The fourth-order valence-electron chi connectivity index (χ4n) is 3.11. The Morgan fingerprint density at radius 2 is 1.70 bits per heavy atom. The molecule has 2 heterocycles. The second-order valence-electron chi connectivity index (χ2n) is 7.82. The normalized spacial score (nSPS) is 13.5. The zero-order chi connectivity index (χ0) is 34.8. The molecule has 0 bridgehead atoms. The summed E-state index contributed by atoms with van der Waals surface area (Å²) in [5, 5.41) is 11.7. The summed E-state index contributed by atoms with van der Waals surface area (Å²) < 4.78 is 78.9. The van der Waals surface area contributed by atoms with Gasteiger partial charge in [-0.3, -0.25) is 14.6 Å². The second-order valence-corrected chi connectivity index (χ2v) is 7.82. The monoisotopic (exact) mass is 655 g/mol.